The molecular formula is C18H25N3O4S. The Morgan fingerprint density at radius 3 is 2.42 bits per heavy atom. The third-order valence-corrected chi connectivity index (χ3v) is 4.62. The second-order valence-corrected chi connectivity index (χ2v) is 8.17. The number of hydrogen-bond donors (Lipinski definition) is 3. The quantitative estimate of drug-likeness (QED) is 0.597. The molecular weight excluding hydrogens is 354 g/mol. The van der Waals surface area contributed by atoms with Gasteiger partial charge in [-0.15, -0.1) is 0 Å². The van der Waals surface area contributed by atoms with Gasteiger partial charge in [0.25, 0.3) is 0 Å². The first-order chi connectivity index (χ1) is 12.3. The van der Waals surface area contributed by atoms with Crippen LogP contribution in [-0.2, 0) is 19.6 Å². The summed E-state index contributed by atoms with van der Waals surface area (Å²) in [7, 11) is -3.31. The minimum Gasteiger partial charge on any atom is -0.353 e. The first-order valence-electron chi connectivity index (χ1n) is 8.65. The average Bonchev–Trinajstić information content (AvgIpc) is 3.05. The molecule has 142 valence electrons. The topological polar surface area (TPSA) is 104 Å². The molecule has 1 aromatic rings. The molecule has 0 heterocycles. The van der Waals surface area contributed by atoms with Gasteiger partial charge < -0.3 is 10.6 Å². The molecule has 2 amide bonds. The maximum Gasteiger partial charge on any atom is 0.244 e. The fourth-order valence-corrected chi connectivity index (χ4v) is 3.34. The number of carbonyl (C=O) groups is 2. The van der Waals surface area contributed by atoms with E-state index < -0.39 is 10.0 Å². The number of benzene rings is 1. The Bertz CT molecular complexity index is 751. The zero-order valence-corrected chi connectivity index (χ0v) is 15.6. The second-order valence-electron chi connectivity index (χ2n) is 6.42. The van der Waals surface area contributed by atoms with E-state index in [1.54, 1.807) is 30.3 Å². The summed E-state index contributed by atoms with van der Waals surface area (Å²) >= 11 is 0. The number of hydrogen-bond acceptors (Lipinski definition) is 4. The van der Waals surface area contributed by atoms with Crippen molar-refractivity contribution in [1.82, 2.24) is 10.6 Å². The molecule has 0 aliphatic heterocycles. The van der Waals surface area contributed by atoms with Crippen molar-refractivity contribution in [3.05, 3.63) is 35.9 Å². The van der Waals surface area contributed by atoms with E-state index in [0.717, 1.165) is 37.5 Å². The van der Waals surface area contributed by atoms with Gasteiger partial charge in [-0.3, -0.25) is 14.3 Å². The van der Waals surface area contributed by atoms with E-state index in [1.165, 1.54) is 6.08 Å². The fraction of sp³-hybridized carbons (Fsp3) is 0.444. The van der Waals surface area contributed by atoms with Gasteiger partial charge in [0.15, 0.2) is 0 Å². The molecule has 0 bridgehead atoms. The molecule has 0 atom stereocenters. The molecule has 1 aromatic carbocycles. The van der Waals surface area contributed by atoms with Crippen LogP contribution in [0.25, 0.3) is 6.08 Å². The van der Waals surface area contributed by atoms with Gasteiger partial charge in [0.1, 0.15) is 0 Å². The minimum atomic E-state index is -3.31. The molecule has 1 aliphatic carbocycles. The average molecular weight is 379 g/mol. The lowest BCUT2D eigenvalue weighted by Gasteiger charge is -2.11. The van der Waals surface area contributed by atoms with Crippen LogP contribution in [0, 0.1) is 0 Å². The lowest BCUT2D eigenvalue weighted by atomic mass is 10.2. The van der Waals surface area contributed by atoms with Crippen molar-refractivity contribution in [3.8, 4) is 0 Å². The SMILES string of the molecule is CS(=O)(=O)Nc1ccc(/C=C/C(=O)NCCC(=O)NC2CCCC2)cc1. The Labute approximate surface area is 154 Å². The van der Waals surface area contributed by atoms with Gasteiger partial charge in [-0.25, -0.2) is 8.42 Å². The van der Waals surface area contributed by atoms with Crippen molar-refractivity contribution in [2.45, 2.75) is 38.1 Å². The van der Waals surface area contributed by atoms with Crippen LogP contribution in [0.1, 0.15) is 37.7 Å². The van der Waals surface area contributed by atoms with Crippen molar-refractivity contribution >= 4 is 33.6 Å². The Hall–Kier alpha value is -2.35. The van der Waals surface area contributed by atoms with Gasteiger partial charge in [0, 0.05) is 30.8 Å². The van der Waals surface area contributed by atoms with Crippen molar-refractivity contribution in [3.63, 3.8) is 0 Å². The van der Waals surface area contributed by atoms with Crippen LogP contribution in [0.5, 0.6) is 0 Å². The predicted octanol–water partition coefficient (Wildman–Crippen LogP) is 1.64. The maximum absolute atomic E-state index is 11.8. The number of amides is 2. The van der Waals surface area contributed by atoms with E-state index >= 15 is 0 Å². The Balaban J connectivity index is 1.70. The molecule has 0 unspecified atom stereocenters. The number of nitrogens with one attached hydrogen (secondary N) is 3. The Morgan fingerprint density at radius 1 is 1.15 bits per heavy atom. The van der Waals surface area contributed by atoms with Gasteiger partial charge >= 0.3 is 0 Å². The van der Waals surface area contributed by atoms with E-state index in [2.05, 4.69) is 15.4 Å². The third-order valence-electron chi connectivity index (χ3n) is 4.01. The number of anilines is 1. The molecule has 1 saturated carbocycles. The van der Waals surface area contributed by atoms with Gasteiger partial charge in [0.2, 0.25) is 21.8 Å². The smallest absolute Gasteiger partial charge is 0.244 e. The zero-order chi connectivity index (χ0) is 19.0. The normalized spacial score (nSPS) is 15.1. The first-order valence-corrected chi connectivity index (χ1v) is 10.5. The largest absolute Gasteiger partial charge is 0.353 e. The summed E-state index contributed by atoms with van der Waals surface area (Å²) in [5, 5.41) is 5.65. The van der Waals surface area contributed by atoms with Gasteiger partial charge in [-0.1, -0.05) is 25.0 Å². The van der Waals surface area contributed by atoms with Crippen LogP contribution >= 0.6 is 0 Å². The third kappa shape index (κ3) is 7.69. The van der Waals surface area contributed by atoms with E-state index in [1.807, 2.05) is 0 Å². The molecule has 1 aliphatic rings. The molecule has 3 N–H and O–H groups in total. The lowest BCUT2D eigenvalue weighted by Crippen LogP contribution is -2.35. The summed E-state index contributed by atoms with van der Waals surface area (Å²) in [4.78, 5) is 23.5. The van der Waals surface area contributed by atoms with Crippen molar-refractivity contribution in [2.24, 2.45) is 0 Å². The summed E-state index contributed by atoms with van der Waals surface area (Å²) in [6.07, 6.45) is 8.77. The number of rotatable bonds is 8. The van der Waals surface area contributed by atoms with Crippen LogP contribution in [0.3, 0.4) is 0 Å². The molecule has 0 spiro atoms. The van der Waals surface area contributed by atoms with Crippen LogP contribution in [0.2, 0.25) is 0 Å². The highest BCUT2D eigenvalue weighted by molar-refractivity contribution is 7.92. The van der Waals surface area contributed by atoms with Gasteiger partial charge in [-0.2, -0.15) is 0 Å². The number of carbonyl (C=O) groups excluding carboxylic acids is 2. The van der Waals surface area contributed by atoms with E-state index in [-0.39, 0.29) is 18.2 Å². The van der Waals surface area contributed by atoms with E-state index in [9.17, 15) is 18.0 Å². The summed E-state index contributed by atoms with van der Waals surface area (Å²) < 4.78 is 24.6. The van der Waals surface area contributed by atoms with Crippen LogP contribution in [-0.4, -0.2) is 39.1 Å². The Morgan fingerprint density at radius 2 is 1.81 bits per heavy atom. The van der Waals surface area contributed by atoms with Crippen molar-refractivity contribution < 1.29 is 18.0 Å². The maximum atomic E-state index is 11.8. The fourth-order valence-electron chi connectivity index (χ4n) is 2.78. The molecule has 2 rings (SSSR count). The molecule has 8 heteroatoms. The highest BCUT2D eigenvalue weighted by atomic mass is 32.2. The second kappa shape index (κ2) is 9.38. The highest BCUT2D eigenvalue weighted by Gasteiger charge is 2.16. The summed E-state index contributed by atoms with van der Waals surface area (Å²) in [6.45, 7) is 0.291. The first kappa shape index (κ1) is 20.0. The molecule has 0 aromatic heterocycles. The summed E-state index contributed by atoms with van der Waals surface area (Å²) in [5.74, 6) is -0.313. The Kier molecular flexibility index (Phi) is 7.20. The highest BCUT2D eigenvalue weighted by Crippen LogP contribution is 2.17. The zero-order valence-electron chi connectivity index (χ0n) is 14.8. The van der Waals surface area contributed by atoms with E-state index in [0.29, 0.717) is 18.3 Å². The summed E-state index contributed by atoms with van der Waals surface area (Å²) in [5.41, 5.74) is 1.22. The molecule has 0 saturated heterocycles. The van der Waals surface area contributed by atoms with Gasteiger partial charge in [0.05, 0.1) is 6.26 Å². The van der Waals surface area contributed by atoms with E-state index in [4.69, 9.17) is 0 Å². The predicted molar refractivity (Wildman–Crippen MR) is 102 cm³/mol. The minimum absolute atomic E-state index is 0.0323. The van der Waals surface area contributed by atoms with Crippen molar-refractivity contribution in [1.29, 1.82) is 0 Å². The van der Waals surface area contributed by atoms with Crippen LogP contribution in [0.15, 0.2) is 30.3 Å². The molecule has 26 heavy (non-hydrogen) atoms. The molecule has 0 radical (unpaired) electrons. The number of sulfonamides is 1. The molecule has 1 fully saturated rings. The monoisotopic (exact) mass is 379 g/mol. The summed E-state index contributed by atoms with van der Waals surface area (Å²) in [6, 6.07) is 6.93. The van der Waals surface area contributed by atoms with Crippen LogP contribution in [0.4, 0.5) is 5.69 Å². The van der Waals surface area contributed by atoms with Crippen molar-refractivity contribution in [2.75, 3.05) is 17.5 Å². The lowest BCUT2D eigenvalue weighted by molar-refractivity contribution is -0.121. The molecule has 7 nitrogen and oxygen atoms in total. The standard InChI is InChI=1S/C18H25N3O4S/c1-26(24,25)21-16-9-6-14(7-10-16)8-11-17(22)19-13-12-18(23)20-15-4-2-3-5-15/h6-11,15,21H,2-5,12-13H2,1H3,(H,19,22)(H,20,23)/b11-8+. The van der Waals surface area contributed by atoms with Gasteiger partial charge in [-0.05, 0) is 36.6 Å². The van der Waals surface area contributed by atoms with Crippen LogP contribution < -0.4 is 15.4 Å².